The Balaban J connectivity index is 1.94. The zero-order chi connectivity index (χ0) is 16.9. The molecule has 0 unspecified atom stereocenters. The van der Waals surface area contributed by atoms with Gasteiger partial charge in [-0.2, -0.15) is 0 Å². The van der Waals surface area contributed by atoms with E-state index in [9.17, 15) is 5.11 Å². The first-order valence-electron chi connectivity index (χ1n) is 8.52. The van der Waals surface area contributed by atoms with Crippen LogP contribution in [0.5, 0.6) is 0 Å². The van der Waals surface area contributed by atoms with Gasteiger partial charge in [0.05, 0.1) is 11.8 Å². The number of nitrogens with one attached hydrogen (secondary N) is 2. The highest BCUT2D eigenvalue weighted by Gasteiger charge is 2.31. The maximum Gasteiger partial charge on any atom is 0.216 e. The van der Waals surface area contributed by atoms with Crippen molar-refractivity contribution in [3.05, 3.63) is 17.8 Å². The molecule has 0 saturated heterocycles. The summed E-state index contributed by atoms with van der Waals surface area (Å²) in [6, 6.07) is 0. The van der Waals surface area contributed by atoms with Crippen molar-refractivity contribution in [3.8, 4) is 0 Å². The summed E-state index contributed by atoms with van der Waals surface area (Å²) in [7, 11) is 0. The van der Waals surface area contributed by atoms with Crippen molar-refractivity contribution in [1.82, 2.24) is 15.6 Å². The highest BCUT2D eigenvalue weighted by atomic mass is 16.4. The van der Waals surface area contributed by atoms with Gasteiger partial charge in [0.25, 0.3) is 0 Å². The topological polar surface area (TPSA) is 82.7 Å². The minimum absolute atomic E-state index is 0.0521. The van der Waals surface area contributed by atoms with Gasteiger partial charge in [0.15, 0.2) is 5.96 Å². The van der Waals surface area contributed by atoms with Crippen molar-refractivity contribution >= 4 is 5.96 Å². The van der Waals surface area contributed by atoms with E-state index in [4.69, 9.17) is 4.42 Å². The number of nitrogens with zero attached hydrogens (tertiary/aromatic N) is 2. The molecule has 0 spiro atoms. The first kappa shape index (κ1) is 17.8. The maximum absolute atomic E-state index is 10.4. The van der Waals surface area contributed by atoms with Crippen molar-refractivity contribution in [2.24, 2.45) is 4.99 Å². The van der Waals surface area contributed by atoms with E-state index in [0.29, 0.717) is 24.9 Å². The molecule has 0 radical (unpaired) electrons. The van der Waals surface area contributed by atoms with Gasteiger partial charge in [-0.25, -0.2) is 9.98 Å². The molecule has 1 aromatic heterocycles. The van der Waals surface area contributed by atoms with E-state index < -0.39 is 5.60 Å². The fourth-order valence-corrected chi connectivity index (χ4v) is 2.68. The van der Waals surface area contributed by atoms with Gasteiger partial charge in [0, 0.05) is 18.5 Å². The van der Waals surface area contributed by atoms with E-state index in [1.165, 1.54) is 0 Å². The number of hydrogen-bond donors (Lipinski definition) is 3. The van der Waals surface area contributed by atoms with Crippen LogP contribution in [0.1, 0.15) is 65.0 Å². The second-order valence-electron chi connectivity index (χ2n) is 7.35. The fourth-order valence-electron chi connectivity index (χ4n) is 2.68. The molecule has 1 heterocycles. The van der Waals surface area contributed by atoms with Crippen LogP contribution in [-0.2, 0) is 12.0 Å². The molecule has 0 amide bonds. The van der Waals surface area contributed by atoms with Crippen LogP contribution in [0, 0.1) is 0 Å². The smallest absolute Gasteiger partial charge is 0.216 e. The lowest BCUT2D eigenvalue weighted by Crippen LogP contribution is -2.46. The van der Waals surface area contributed by atoms with Gasteiger partial charge >= 0.3 is 0 Å². The minimum Gasteiger partial charge on any atom is -0.443 e. The summed E-state index contributed by atoms with van der Waals surface area (Å²) >= 11 is 0. The molecule has 0 bridgehead atoms. The largest absolute Gasteiger partial charge is 0.443 e. The van der Waals surface area contributed by atoms with Crippen LogP contribution >= 0.6 is 0 Å². The Labute approximate surface area is 138 Å². The van der Waals surface area contributed by atoms with Gasteiger partial charge < -0.3 is 20.2 Å². The number of rotatable bonds is 5. The number of aliphatic imine (C=N–C) groups is 1. The summed E-state index contributed by atoms with van der Waals surface area (Å²) < 4.78 is 5.75. The van der Waals surface area contributed by atoms with Crippen molar-refractivity contribution in [2.45, 2.75) is 70.9 Å². The standard InChI is InChI=1S/C17H30N4O2/c1-5-18-15(21-12-17(22)8-6-7-9-17)20-11-14-19-10-13(23-14)16(2,3)4/h10,22H,5-9,11-12H2,1-4H3,(H2,18,20,21). The molecule has 1 aromatic rings. The Morgan fingerprint density at radius 1 is 1.35 bits per heavy atom. The Morgan fingerprint density at radius 3 is 2.61 bits per heavy atom. The number of aliphatic hydroxyl groups is 1. The first-order chi connectivity index (χ1) is 10.8. The van der Waals surface area contributed by atoms with Gasteiger partial charge in [0.1, 0.15) is 12.3 Å². The Bertz CT molecular complexity index is 525. The van der Waals surface area contributed by atoms with Crippen LogP contribution in [0.25, 0.3) is 0 Å². The molecular weight excluding hydrogens is 292 g/mol. The third kappa shape index (κ3) is 5.23. The van der Waals surface area contributed by atoms with Gasteiger partial charge in [0.2, 0.25) is 5.89 Å². The molecule has 3 N–H and O–H groups in total. The molecule has 1 saturated carbocycles. The summed E-state index contributed by atoms with van der Waals surface area (Å²) in [5.41, 5.74) is -0.651. The maximum atomic E-state index is 10.4. The first-order valence-corrected chi connectivity index (χ1v) is 8.52. The van der Waals surface area contributed by atoms with Gasteiger partial charge in [-0.15, -0.1) is 0 Å². The molecule has 0 aliphatic heterocycles. The average Bonchev–Trinajstić information content (AvgIpc) is 3.11. The van der Waals surface area contributed by atoms with Crippen molar-refractivity contribution in [3.63, 3.8) is 0 Å². The third-order valence-corrected chi connectivity index (χ3v) is 4.13. The van der Waals surface area contributed by atoms with Crippen LogP contribution in [0.3, 0.4) is 0 Å². The minimum atomic E-state index is -0.599. The van der Waals surface area contributed by atoms with Gasteiger partial charge in [-0.05, 0) is 19.8 Å². The fraction of sp³-hybridized carbons (Fsp3) is 0.765. The third-order valence-electron chi connectivity index (χ3n) is 4.13. The lowest BCUT2D eigenvalue weighted by Gasteiger charge is -2.23. The highest BCUT2D eigenvalue weighted by Crippen LogP contribution is 2.28. The van der Waals surface area contributed by atoms with Gasteiger partial charge in [-0.1, -0.05) is 33.6 Å². The molecule has 130 valence electrons. The summed E-state index contributed by atoms with van der Waals surface area (Å²) in [4.78, 5) is 8.79. The van der Waals surface area contributed by atoms with E-state index in [2.05, 4.69) is 41.4 Å². The number of oxazole rings is 1. The second kappa shape index (κ2) is 7.34. The number of guanidine groups is 1. The summed E-state index contributed by atoms with van der Waals surface area (Å²) in [6.07, 6.45) is 5.67. The molecule has 1 aliphatic rings. The Kier molecular flexibility index (Phi) is 5.68. The zero-order valence-electron chi connectivity index (χ0n) is 14.8. The Morgan fingerprint density at radius 2 is 2.04 bits per heavy atom. The molecule has 0 atom stereocenters. The Hall–Kier alpha value is -1.56. The van der Waals surface area contributed by atoms with Crippen LogP contribution in [0.4, 0.5) is 0 Å². The average molecular weight is 322 g/mol. The zero-order valence-corrected chi connectivity index (χ0v) is 14.8. The summed E-state index contributed by atoms with van der Waals surface area (Å²) in [5, 5.41) is 16.8. The van der Waals surface area contributed by atoms with Crippen LogP contribution in [0.15, 0.2) is 15.6 Å². The van der Waals surface area contributed by atoms with Crippen LogP contribution in [0.2, 0.25) is 0 Å². The molecule has 0 aromatic carbocycles. The normalized spacial score (nSPS) is 18.2. The molecule has 6 heteroatoms. The van der Waals surface area contributed by atoms with Gasteiger partial charge in [-0.3, -0.25) is 0 Å². The predicted octanol–water partition coefficient (Wildman–Crippen LogP) is 2.33. The molecular formula is C17H30N4O2. The van der Waals surface area contributed by atoms with Crippen LogP contribution in [-0.4, -0.2) is 34.7 Å². The van der Waals surface area contributed by atoms with Crippen molar-refractivity contribution in [1.29, 1.82) is 0 Å². The van der Waals surface area contributed by atoms with E-state index in [0.717, 1.165) is 38.0 Å². The molecule has 2 rings (SSSR count). The SMILES string of the molecule is CCNC(=NCc1ncc(C(C)(C)C)o1)NCC1(O)CCCC1. The van der Waals surface area contributed by atoms with Crippen LogP contribution < -0.4 is 10.6 Å². The highest BCUT2D eigenvalue weighted by molar-refractivity contribution is 5.79. The van der Waals surface area contributed by atoms with Crippen molar-refractivity contribution in [2.75, 3.05) is 13.1 Å². The number of aromatic nitrogens is 1. The predicted molar refractivity (Wildman–Crippen MR) is 91.4 cm³/mol. The molecule has 1 aliphatic carbocycles. The molecule has 1 fully saturated rings. The lowest BCUT2D eigenvalue weighted by molar-refractivity contribution is 0.0522. The lowest BCUT2D eigenvalue weighted by atomic mass is 9.94. The van der Waals surface area contributed by atoms with E-state index in [1.54, 1.807) is 6.20 Å². The summed E-state index contributed by atoms with van der Waals surface area (Å²) in [5.74, 6) is 2.15. The summed E-state index contributed by atoms with van der Waals surface area (Å²) in [6.45, 7) is 9.96. The monoisotopic (exact) mass is 322 g/mol. The second-order valence-corrected chi connectivity index (χ2v) is 7.35. The quantitative estimate of drug-likeness (QED) is 0.572. The number of hydrogen-bond acceptors (Lipinski definition) is 4. The molecule has 6 nitrogen and oxygen atoms in total. The van der Waals surface area contributed by atoms with E-state index >= 15 is 0 Å². The van der Waals surface area contributed by atoms with Crippen molar-refractivity contribution < 1.29 is 9.52 Å². The van der Waals surface area contributed by atoms with E-state index in [1.807, 2.05) is 6.92 Å². The molecule has 23 heavy (non-hydrogen) atoms. The van der Waals surface area contributed by atoms with E-state index in [-0.39, 0.29) is 5.41 Å².